The van der Waals surface area contributed by atoms with Crippen LogP contribution in [0.3, 0.4) is 0 Å². The largest absolute Gasteiger partial charge is 0.469 e. The molecule has 2 aromatic heterocycles. The zero-order valence-electron chi connectivity index (χ0n) is 14.1. The van der Waals surface area contributed by atoms with Crippen molar-refractivity contribution in [1.82, 2.24) is 9.55 Å². The van der Waals surface area contributed by atoms with Crippen molar-refractivity contribution in [2.75, 3.05) is 7.11 Å². The molecule has 4 nitrogen and oxygen atoms in total. The summed E-state index contributed by atoms with van der Waals surface area (Å²) in [5.74, 6) is -0.234. The van der Waals surface area contributed by atoms with Gasteiger partial charge in [-0.15, -0.1) is 0 Å². The Balaban J connectivity index is 2.02. The maximum Gasteiger partial charge on any atom is 0.309 e. The van der Waals surface area contributed by atoms with Crippen LogP contribution in [0.2, 0.25) is 0 Å². The third-order valence-electron chi connectivity index (χ3n) is 4.23. The molecule has 3 rings (SSSR count). The molecular formula is C20H20N2O2. The van der Waals surface area contributed by atoms with Crippen molar-refractivity contribution < 1.29 is 9.53 Å². The molecule has 2 heterocycles. The van der Waals surface area contributed by atoms with Gasteiger partial charge in [0, 0.05) is 35.9 Å². The summed E-state index contributed by atoms with van der Waals surface area (Å²) in [7, 11) is 3.47. The molecule has 0 radical (unpaired) electrons. The summed E-state index contributed by atoms with van der Waals surface area (Å²) in [6, 6.07) is 10.3. The number of carbonyl (C=O) groups is 1. The third-order valence-corrected chi connectivity index (χ3v) is 4.23. The number of benzene rings is 1. The van der Waals surface area contributed by atoms with E-state index in [1.807, 2.05) is 24.4 Å². The first-order valence-electron chi connectivity index (χ1n) is 7.84. The van der Waals surface area contributed by atoms with Gasteiger partial charge in [-0.3, -0.25) is 9.78 Å². The van der Waals surface area contributed by atoms with Gasteiger partial charge in [0.1, 0.15) is 0 Å². The number of nitrogens with zero attached hydrogens (tertiary/aromatic N) is 2. The predicted octanol–water partition coefficient (Wildman–Crippen LogP) is 4.13. The molecule has 4 heteroatoms. The summed E-state index contributed by atoms with van der Waals surface area (Å²) in [6.45, 7) is 2.13. The molecule has 0 aliphatic heterocycles. The van der Waals surface area contributed by atoms with E-state index < -0.39 is 0 Å². The van der Waals surface area contributed by atoms with Crippen molar-refractivity contribution >= 4 is 22.9 Å². The summed E-state index contributed by atoms with van der Waals surface area (Å²) < 4.78 is 6.84. The number of carbonyl (C=O) groups excluding carboxylic acids is 1. The van der Waals surface area contributed by atoms with Gasteiger partial charge in [-0.1, -0.05) is 18.2 Å². The highest BCUT2D eigenvalue weighted by molar-refractivity contribution is 5.92. The maximum absolute atomic E-state index is 11.2. The Morgan fingerprint density at radius 2 is 2.17 bits per heavy atom. The van der Waals surface area contributed by atoms with E-state index in [0.29, 0.717) is 0 Å². The fraction of sp³-hybridized carbons (Fsp3) is 0.200. The highest BCUT2D eigenvalue weighted by Crippen LogP contribution is 2.32. The van der Waals surface area contributed by atoms with Crippen LogP contribution in [0.25, 0.3) is 28.2 Å². The number of hydrogen-bond acceptors (Lipinski definition) is 3. The molecule has 0 fully saturated rings. The molecule has 0 saturated carbocycles. The van der Waals surface area contributed by atoms with E-state index in [-0.39, 0.29) is 12.4 Å². The van der Waals surface area contributed by atoms with Gasteiger partial charge in [0.05, 0.1) is 19.2 Å². The average Bonchev–Trinajstić information content (AvgIpc) is 2.86. The monoisotopic (exact) mass is 320 g/mol. The van der Waals surface area contributed by atoms with Crippen molar-refractivity contribution in [2.45, 2.75) is 13.3 Å². The molecule has 0 aliphatic rings. The van der Waals surface area contributed by atoms with Gasteiger partial charge in [0.15, 0.2) is 0 Å². The number of hydrogen-bond donors (Lipinski definition) is 0. The molecule has 1 aromatic carbocycles. The second kappa shape index (κ2) is 6.71. The average molecular weight is 320 g/mol. The summed E-state index contributed by atoms with van der Waals surface area (Å²) in [5.41, 5.74) is 5.75. The highest BCUT2D eigenvalue weighted by atomic mass is 16.5. The standard InChI is InChI=1S/C20H20N2O2/c1-14-17-12-15(6-4-8-19(23)24-3)9-10-18(17)22(2)20(14)16-7-5-11-21-13-16/h4-7,9-13H,8H2,1-3H3. The van der Waals surface area contributed by atoms with Crippen LogP contribution in [0.15, 0.2) is 48.8 Å². The lowest BCUT2D eigenvalue weighted by Gasteiger charge is -2.05. The molecule has 0 amide bonds. The van der Waals surface area contributed by atoms with Gasteiger partial charge in [-0.2, -0.15) is 0 Å². The molecule has 122 valence electrons. The second-order valence-electron chi connectivity index (χ2n) is 5.73. The summed E-state index contributed by atoms with van der Waals surface area (Å²) >= 11 is 0. The Labute approximate surface area is 141 Å². The van der Waals surface area contributed by atoms with E-state index in [9.17, 15) is 4.79 Å². The zero-order chi connectivity index (χ0) is 17.1. The van der Waals surface area contributed by atoms with E-state index >= 15 is 0 Å². The summed E-state index contributed by atoms with van der Waals surface area (Å²) in [6.07, 6.45) is 7.73. The SMILES string of the molecule is COC(=O)CC=Cc1ccc2c(c1)c(C)c(-c1cccnc1)n2C. The van der Waals surface area contributed by atoms with Crippen molar-refractivity contribution in [1.29, 1.82) is 0 Å². The van der Waals surface area contributed by atoms with Crippen LogP contribution in [0.5, 0.6) is 0 Å². The normalized spacial score (nSPS) is 11.3. The van der Waals surface area contributed by atoms with Crippen LogP contribution >= 0.6 is 0 Å². The van der Waals surface area contributed by atoms with Crippen LogP contribution in [0.1, 0.15) is 17.5 Å². The van der Waals surface area contributed by atoms with Crippen molar-refractivity contribution in [3.05, 3.63) is 59.9 Å². The molecule has 0 saturated heterocycles. The lowest BCUT2D eigenvalue weighted by Crippen LogP contribution is -1.96. The lowest BCUT2D eigenvalue weighted by molar-refractivity contribution is -0.139. The van der Waals surface area contributed by atoms with E-state index in [1.165, 1.54) is 29.3 Å². The topological polar surface area (TPSA) is 44.1 Å². The van der Waals surface area contributed by atoms with Gasteiger partial charge in [0.2, 0.25) is 0 Å². The number of pyridine rings is 1. The minimum atomic E-state index is -0.234. The molecule has 0 aliphatic carbocycles. The van der Waals surface area contributed by atoms with E-state index in [0.717, 1.165) is 11.1 Å². The predicted molar refractivity (Wildman–Crippen MR) is 96.6 cm³/mol. The van der Waals surface area contributed by atoms with Crippen LogP contribution in [-0.2, 0) is 16.6 Å². The number of aromatic nitrogens is 2. The lowest BCUT2D eigenvalue weighted by atomic mass is 10.1. The molecule has 0 unspecified atom stereocenters. The number of aryl methyl sites for hydroxylation is 2. The van der Waals surface area contributed by atoms with Gasteiger partial charge >= 0.3 is 5.97 Å². The van der Waals surface area contributed by atoms with Gasteiger partial charge in [-0.05, 0) is 42.3 Å². The molecular weight excluding hydrogens is 300 g/mol. The first-order chi connectivity index (χ1) is 11.6. The second-order valence-corrected chi connectivity index (χ2v) is 5.73. The number of rotatable bonds is 4. The van der Waals surface area contributed by atoms with E-state index in [1.54, 1.807) is 6.20 Å². The maximum atomic E-state index is 11.2. The number of methoxy groups -OCH3 is 1. The summed E-state index contributed by atoms with van der Waals surface area (Å²) in [5, 5.41) is 1.21. The minimum absolute atomic E-state index is 0.234. The molecule has 24 heavy (non-hydrogen) atoms. The van der Waals surface area contributed by atoms with Gasteiger partial charge in [0.25, 0.3) is 0 Å². The Kier molecular flexibility index (Phi) is 4.47. The number of ether oxygens (including phenoxy) is 1. The molecule has 0 atom stereocenters. The van der Waals surface area contributed by atoms with E-state index in [4.69, 9.17) is 0 Å². The van der Waals surface area contributed by atoms with Crippen LogP contribution < -0.4 is 0 Å². The van der Waals surface area contributed by atoms with Crippen molar-refractivity contribution in [3.8, 4) is 11.3 Å². The van der Waals surface area contributed by atoms with Crippen LogP contribution in [0.4, 0.5) is 0 Å². The van der Waals surface area contributed by atoms with Crippen LogP contribution in [0, 0.1) is 6.92 Å². The Morgan fingerprint density at radius 1 is 1.33 bits per heavy atom. The molecule has 0 N–H and O–H groups in total. The number of esters is 1. The fourth-order valence-electron chi connectivity index (χ4n) is 3.04. The van der Waals surface area contributed by atoms with Gasteiger partial charge in [-0.25, -0.2) is 0 Å². The first-order valence-corrected chi connectivity index (χ1v) is 7.84. The van der Waals surface area contributed by atoms with E-state index in [2.05, 4.69) is 52.5 Å². The smallest absolute Gasteiger partial charge is 0.309 e. The van der Waals surface area contributed by atoms with Crippen molar-refractivity contribution in [3.63, 3.8) is 0 Å². The Morgan fingerprint density at radius 3 is 2.88 bits per heavy atom. The fourth-order valence-corrected chi connectivity index (χ4v) is 3.04. The Hall–Kier alpha value is -2.88. The van der Waals surface area contributed by atoms with Crippen LogP contribution in [-0.4, -0.2) is 22.6 Å². The highest BCUT2D eigenvalue weighted by Gasteiger charge is 2.13. The third kappa shape index (κ3) is 2.95. The molecule has 0 bridgehead atoms. The van der Waals surface area contributed by atoms with Gasteiger partial charge < -0.3 is 9.30 Å². The number of fused-ring (bicyclic) bond motifs is 1. The minimum Gasteiger partial charge on any atom is -0.469 e. The molecule has 3 aromatic rings. The van der Waals surface area contributed by atoms with Crippen molar-refractivity contribution in [2.24, 2.45) is 7.05 Å². The zero-order valence-corrected chi connectivity index (χ0v) is 14.1. The quantitative estimate of drug-likeness (QED) is 0.679. The molecule has 0 spiro atoms. The summed E-state index contributed by atoms with van der Waals surface area (Å²) in [4.78, 5) is 15.4. The first kappa shape index (κ1) is 16.0. The Bertz CT molecular complexity index is 908.